The van der Waals surface area contributed by atoms with E-state index in [0.717, 1.165) is 19.6 Å². The maximum atomic E-state index is 13.0. The lowest BCUT2D eigenvalue weighted by atomic mass is 9.81. The van der Waals surface area contributed by atoms with Gasteiger partial charge in [-0.2, -0.15) is 4.31 Å². The standard InChI is InChI=1S/C14H19N3O7S/c1-15-5-10(11(18)16(2)13(15)20)25(21,22)17-4-9-6-24-8-14(9,7-17)12(19)23-3/h5,9H,4,6-8H2,1-3H3/t9-,14-/m0/s1. The second kappa shape index (κ2) is 5.78. The number of methoxy groups -OCH3 is 1. The Kier molecular flexibility index (Phi) is 4.12. The molecule has 1 aromatic rings. The molecule has 0 saturated carbocycles. The van der Waals surface area contributed by atoms with Gasteiger partial charge in [-0.25, -0.2) is 13.2 Å². The number of aromatic nitrogens is 2. The molecular formula is C14H19N3O7S. The molecule has 1 aromatic heterocycles. The summed E-state index contributed by atoms with van der Waals surface area (Å²) in [4.78, 5) is 35.8. The van der Waals surface area contributed by atoms with Gasteiger partial charge < -0.3 is 14.0 Å². The molecule has 0 aliphatic carbocycles. The molecule has 2 fully saturated rings. The zero-order valence-electron chi connectivity index (χ0n) is 14.1. The molecule has 0 radical (unpaired) electrons. The number of hydrogen-bond acceptors (Lipinski definition) is 7. The summed E-state index contributed by atoms with van der Waals surface area (Å²) >= 11 is 0. The van der Waals surface area contributed by atoms with Gasteiger partial charge in [0, 0.05) is 39.3 Å². The average Bonchev–Trinajstić information content (AvgIpc) is 3.13. The molecule has 25 heavy (non-hydrogen) atoms. The Morgan fingerprint density at radius 1 is 1.36 bits per heavy atom. The molecule has 2 atom stereocenters. The van der Waals surface area contributed by atoms with Gasteiger partial charge >= 0.3 is 11.7 Å². The first kappa shape index (κ1) is 17.8. The van der Waals surface area contributed by atoms with Crippen molar-refractivity contribution in [1.29, 1.82) is 0 Å². The van der Waals surface area contributed by atoms with E-state index in [4.69, 9.17) is 9.47 Å². The fourth-order valence-corrected chi connectivity index (χ4v) is 5.16. The molecule has 0 N–H and O–H groups in total. The number of sulfonamides is 1. The van der Waals surface area contributed by atoms with Crippen molar-refractivity contribution >= 4 is 16.0 Å². The summed E-state index contributed by atoms with van der Waals surface area (Å²) in [5, 5.41) is 0. The van der Waals surface area contributed by atoms with E-state index in [9.17, 15) is 22.8 Å². The SMILES string of the molecule is COC(=O)[C@@]12COC[C@@H]1CN(S(=O)(=O)c1cn(C)c(=O)n(C)c1=O)C2. The number of carbonyl (C=O) groups is 1. The van der Waals surface area contributed by atoms with Crippen molar-refractivity contribution in [3.05, 3.63) is 27.0 Å². The second-order valence-corrected chi connectivity index (χ2v) is 8.31. The predicted octanol–water partition coefficient (Wildman–Crippen LogP) is -2.11. The number of esters is 1. The molecule has 10 nitrogen and oxygen atoms in total. The highest BCUT2D eigenvalue weighted by Crippen LogP contribution is 2.43. The van der Waals surface area contributed by atoms with E-state index in [0.29, 0.717) is 0 Å². The number of ether oxygens (including phenoxy) is 2. The van der Waals surface area contributed by atoms with Gasteiger partial charge in [0.25, 0.3) is 5.56 Å². The summed E-state index contributed by atoms with van der Waals surface area (Å²) < 4.78 is 39.0. The van der Waals surface area contributed by atoms with Crippen LogP contribution in [0.25, 0.3) is 0 Å². The van der Waals surface area contributed by atoms with Crippen LogP contribution in [0.3, 0.4) is 0 Å². The number of hydrogen-bond donors (Lipinski definition) is 0. The molecule has 0 bridgehead atoms. The molecule has 11 heteroatoms. The third-order valence-electron chi connectivity index (χ3n) is 4.97. The third kappa shape index (κ3) is 2.45. The molecule has 2 aliphatic rings. The molecule has 0 aromatic carbocycles. The summed E-state index contributed by atoms with van der Waals surface area (Å²) in [6.07, 6.45) is 1.01. The third-order valence-corrected chi connectivity index (χ3v) is 6.76. The van der Waals surface area contributed by atoms with Gasteiger partial charge in [-0.1, -0.05) is 0 Å². The molecule has 3 heterocycles. The van der Waals surface area contributed by atoms with Crippen molar-refractivity contribution in [3.63, 3.8) is 0 Å². The average molecular weight is 373 g/mol. The number of rotatable bonds is 3. The van der Waals surface area contributed by atoms with Gasteiger partial charge in [0.1, 0.15) is 5.41 Å². The first-order valence-electron chi connectivity index (χ1n) is 7.58. The van der Waals surface area contributed by atoms with Crippen molar-refractivity contribution in [3.8, 4) is 0 Å². The van der Waals surface area contributed by atoms with Crippen LogP contribution in [0.15, 0.2) is 20.7 Å². The largest absolute Gasteiger partial charge is 0.468 e. The Morgan fingerprint density at radius 2 is 2.04 bits per heavy atom. The van der Waals surface area contributed by atoms with E-state index in [1.54, 1.807) is 0 Å². The molecule has 3 rings (SSSR count). The van der Waals surface area contributed by atoms with E-state index in [1.807, 2.05) is 0 Å². The van der Waals surface area contributed by atoms with E-state index in [1.165, 1.54) is 21.2 Å². The zero-order valence-corrected chi connectivity index (χ0v) is 14.9. The van der Waals surface area contributed by atoms with E-state index >= 15 is 0 Å². The van der Waals surface area contributed by atoms with Crippen LogP contribution in [0, 0.1) is 11.3 Å². The lowest BCUT2D eigenvalue weighted by molar-refractivity contribution is -0.153. The summed E-state index contributed by atoms with van der Waals surface area (Å²) in [5.41, 5.74) is -2.58. The van der Waals surface area contributed by atoms with Gasteiger partial charge in [0.15, 0.2) is 4.90 Å². The van der Waals surface area contributed by atoms with E-state index < -0.39 is 37.6 Å². The van der Waals surface area contributed by atoms with Crippen LogP contribution < -0.4 is 11.2 Å². The van der Waals surface area contributed by atoms with Gasteiger partial charge in [-0.05, 0) is 0 Å². The molecule has 2 aliphatic heterocycles. The highest BCUT2D eigenvalue weighted by molar-refractivity contribution is 7.89. The molecule has 0 unspecified atom stereocenters. The van der Waals surface area contributed by atoms with Crippen LogP contribution in [0.5, 0.6) is 0 Å². The Labute approximate surface area is 143 Å². The summed E-state index contributed by atoms with van der Waals surface area (Å²) in [7, 11) is -0.355. The van der Waals surface area contributed by atoms with Crippen molar-refractivity contribution < 1.29 is 22.7 Å². The molecule has 138 valence electrons. The Morgan fingerprint density at radius 3 is 2.68 bits per heavy atom. The van der Waals surface area contributed by atoms with Crippen molar-refractivity contribution in [2.45, 2.75) is 4.90 Å². The predicted molar refractivity (Wildman–Crippen MR) is 84.4 cm³/mol. The van der Waals surface area contributed by atoms with Crippen LogP contribution >= 0.6 is 0 Å². The summed E-state index contributed by atoms with van der Waals surface area (Å²) in [5.74, 6) is -0.868. The van der Waals surface area contributed by atoms with Crippen molar-refractivity contribution in [2.24, 2.45) is 25.4 Å². The first-order valence-corrected chi connectivity index (χ1v) is 9.02. The van der Waals surface area contributed by atoms with E-state index in [-0.39, 0.29) is 32.2 Å². The smallest absolute Gasteiger partial charge is 0.330 e. The maximum Gasteiger partial charge on any atom is 0.330 e. The lowest BCUT2D eigenvalue weighted by Crippen LogP contribution is -2.44. The minimum absolute atomic E-state index is 0.0451. The topological polar surface area (TPSA) is 117 Å². The normalized spacial score (nSPS) is 26.6. The highest BCUT2D eigenvalue weighted by Gasteiger charge is 2.59. The Bertz CT molecular complexity index is 948. The first-order chi connectivity index (χ1) is 11.6. The Balaban J connectivity index is 2.05. The fourth-order valence-electron chi connectivity index (χ4n) is 3.46. The summed E-state index contributed by atoms with van der Waals surface area (Å²) in [6.45, 7) is 0.232. The monoisotopic (exact) mass is 373 g/mol. The minimum Gasteiger partial charge on any atom is -0.468 e. The van der Waals surface area contributed by atoms with Crippen LogP contribution in [0.4, 0.5) is 0 Å². The molecular weight excluding hydrogens is 354 g/mol. The highest BCUT2D eigenvalue weighted by atomic mass is 32.2. The van der Waals surface area contributed by atoms with Crippen molar-refractivity contribution in [2.75, 3.05) is 33.4 Å². The van der Waals surface area contributed by atoms with Crippen LogP contribution in [0.1, 0.15) is 0 Å². The number of aryl methyl sites for hydroxylation is 1. The second-order valence-electron chi connectivity index (χ2n) is 6.41. The Hall–Kier alpha value is -1.98. The van der Waals surface area contributed by atoms with Crippen LogP contribution in [-0.4, -0.2) is 61.2 Å². The van der Waals surface area contributed by atoms with Gasteiger partial charge in [0.05, 0.1) is 20.3 Å². The quantitative estimate of drug-likeness (QED) is 0.557. The number of nitrogens with zero attached hydrogens (tertiary/aromatic N) is 3. The van der Waals surface area contributed by atoms with Gasteiger partial charge in [-0.15, -0.1) is 0 Å². The number of carbonyl (C=O) groups excluding carboxylic acids is 1. The molecule has 0 amide bonds. The minimum atomic E-state index is -4.18. The van der Waals surface area contributed by atoms with Gasteiger partial charge in [-0.3, -0.25) is 14.2 Å². The molecule has 0 spiro atoms. The lowest BCUT2D eigenvalue weighted by Gasteiger charge is -2.23. The maximum absolute atomic E-state index is 13.0. The van der Waals surface area contributed by atoms with Gasteiger partial charge in [0.2, 0.25) is 10.0 Å². The summed E-state index contributed by atoms with van der Waals surface area (Å²) in [6, 6.07) is 0. The molecule has 2 saturated heterocycles. The van der Waals surface area contributed by atoms with E-state index in [2.05, 4.69) is 0 Å². The van der Waals surface area contributed by atoms with Crippen LogP contribution in [-0.2, 0) is 38.4 Å². The number of fused-ring (bicyclic) bond motifs is 1. The van der Waals surface area contributed by atoms with Crippen LogP contribution in [0.2, 0.25) is 0 Å². The van der Waals surface area contributed by atoms with Crippen molar-refractivity contribution in [1.82, 2.24) is 13.4 Å². The fraction of sp³-hybridized carbons (Fsp3) is 0.643. The zero-order chi connectivity index (χ0) is 18.6.